The van der Waals surface area contributed by atoms with Gasteiger partial charge in [0.05, 0.1) is 5.56 Å². The van der Waals surface area contributed by atoms with Gasteiger partial charge in [-0.1, -0.05) is 11.8 Å². The fourth-order valence-corrected chi connectivity index (χ4v) is 3.27. The van der Waals surface area contributed by atoms with Crippen molar-refractivity contribution in [1.29, 1.82) is 0 Å². The van der Waals surface area contributed by atoms with Crippen LogP contribution in [0.5, 0.6) is 0 Å². The maximum Gasteiger partial charge on any atom is 0.335 e. The van der Waals surface area contributed by atoms with Crippen molar-refractivity contribution in [2.24, 2.45) is 0 Å². The molecule has 0 bridgehead atoms. The maximum absolute atomic E-state index is 11.1. The number of nitrogens with zero attached hydrogens (tertiary/aromatic N) is 3. The van der Waals surface area contributed by atoms with Crippen molar-refractivity contribution < 1.29 is 9.90 Å². The monoisotopic (exact) mass is 315 g/mol. The Labute approximate surface area is 133 Å². The number of anilines is 2. The Morgan fingerprint density at radius 2 is 2.14 bits per heavy atom. The summed E-state index contributed by atoms with van der Waals surface area (Å²) in [6.45, 7) is 4.08. The predicted molar refractivity (Wildman–Crippen MR) is 87.3 cm³/mol. The second kappa shape index (κ2) is 5.61. The number of aryl methyl sites for hydroxylation is 1. The van der Waals surface area contributed by atoms with Crippen LogP contribution in [0.2, 0.25) is 0 Å². The van der Waals surface area contributed by atoms with Crippen molar-refractivity contribution in [3.8, 4) is 0 Å². The van der Waals surface area contributed by atoms with Crippen LogP contribution in [-0.2, 0) is 6.42 Å². The number of carboxylic acid groups (broad SMARTS) is 1. The Hall–Kier alpha value is -2.08. The van der Waals surface area contributed by atoms with Gasteiger partial charge in [-0.2, -0.15) is 0 Å². The quantitative estimate of drug-likeness (QED) is 0.692. The van der Waals surface area contributed by atoms with Crippen LogP contribution in [0, 0.1) is 6.92 Å². The Kier molecular flexibility index (Phi) is 3.78. The predicted octanol–water partition coefficient (Wildman–Crippen LogP) is 3.29. The number of fused-ring (bicyclic) bond motifs is 1. The van der Waals surface area contributed by atoms with Gasteiger partial charge in [0.1, 0.15) is 5.82 Å². The van der Waals surface area contributed by atoms with Crippen LogP contribution in [0.15, 0.2) is 29.4 Å². The first-order valence-electron chi connectivity index (χ1n) is 7.04. The number of thioether (sulfide) groups is 1. The summed E-state index contributed by atoms with van der Waals surface area (Å²) in [5, 5.41) is 9.88. The third-order valence-corrected chi connectivity index (χ3v) is 4.34. The molecule has 0 aliphatic carbocycles. The molecule has 3 rings (SSSR count). The van der Waals surface area contributed by atoms with Crippen LogP contribution < -0.4 is 4.90 Å². The standard InChI is InChI=1S/C16H17N3O2S/c1-9-6-14(18-16(17-9)22-3)19-10(2)7-12-8-11(15(20)21)4-5-13(12)19/h4-6,8,10H,7H2,1-3H3,(H,20,21)/t10-/m1/s1. The van der Waals surface area contributed by atoms with Crippen LogP contribution >= 0.6 is 11.8 Å². The summed E-state index contributed by atoms with van der Waals surface area (Å²) >= 11 is 1.52. The van der Waals surface area contributed by atoms with Crippen LogP contribution in [0.25, 0.3) is 0 Å². The highest BCUT2D eigenvalue weighted by molar-refractivity contribution is 7.98. The van der Waals surface area contributed by atoms with E-state index in [1.165, 1.54) is 11.8 Å². The van der Waals surface area contributed by atoms with Gasteiger partial charge in [-0.15, -0.1) is 0 Å². The molecule has 0 saturated carbocycles. The molecule has 2 aromatic rings. The zero-order chi connectivity index (χ0) is 15.9. The number of aromatic carboxylic acids is 1. The number of hydrogen-bond acceptors (Lipinski definition) is 5. The molecule has 5 nitrogen and oxygen atoms in total. The summed E-state index contributed by atoms with van der Waals surface area (Å²) in [5.74, 6) is -0.0253. The molecule has 0 saturated heterocycles. The minimum Gasteiger partial charge on any atom is -0.478 e. The minimum atomic E-state index is -0.892. The highest BCUT2D eigenvalue weighted by Crippen LogP contribution is 2.38. The highest BCUT2D eigenvalue weighted by Gasteiger charge is 2.29. The van der Waals surface area contributed by atoms with E-state index in [0.29, 0.717) is 5.56 Å². The molecule has 6 heteroatoms. The van der Waals surface area contributed by atoms with Gasteiger partial charge in [0.2, 0.25) is 0 Å². The molecule has 0 unspecified atom stereocenters. The topological polar surface area (TPSA) is 66.3 Å². The molecule has 22 heavy (non-hydrogen) atoms. The second-order valence-corrected chi connectivity index (χ2v) is 6.20. The fraction of sp³-hybridized carbons (Fsp3) is 0.312. The first-order chi connectivity index (χ1) is 10.5. The van der Waals surface area contributed by atoms with E-state index in [1.54, 1.807) is 12.1 Å². The summed E-state index contributed by atoms with van der Waals surface area (Å²) in [6.07, 6.45) is 2.77. The number of hydrogen-bond donors (Lipinski definition) is 1. The normalized spacial score (nSPS) is 16.7. The summed E-state index contributed by atoms with van der Waals surface area (Å²) in [4.78, 5) is 22.3. The summed E-state index contributed by atoms with van der Waals surface area (Å²) < 4.78 is 0. The lowest BCUT2D eigenvalue weighted by Gasteiger charge is -2.24. The first-order valence-corrected chi connectivity index (χ1v) is 8.27. The average molecular weight is 315 g/mol. The van der Waals surface area contributed by atoms with Crippen molar-refractivity contribution in [2.45, 2.75) is 31.5 Å². The molecule has 114 valence electrons. The van der Waals surface area contributed by atoms with Crippen molar-refractivity contribution >= 4 is 29.2 Å². The molecule has 1 aliphatic rings. The van der Waals surface area contributed by atoms with E-state index < -0.39 is 5.97 Å². The Balaban J connectivity index is 2.07. The van der Waals surface area contributed by atoms with Gasteiger partial charge >= 0.3 is 5.97 Å². The molecular formula is C16H17N3O2S. The van der Waals surface area contributed by atoms with E-state index in [1.807, 2.05) is 25.3 Å². The number of benzene rings is 1. The number of rotatable bonds is 3. The lowest BCUT2D eigenvalue weighted by Crippen LogP contribution is -2.25. The van der Waals surface area contributed by atoms with E-state index >= 15 is 0 Å². The number of carboxylic acids is 1. The third kappa shape index (κ3) is 2.54. The zero-order valence-electron chi connectivity index (χ0n) is 12.7. The first kappa shape index (κ1) is 14.8. The van der Waals surface area contributed by atoms with E-state index in [0.717, 1.165) is 34.3 Å². The van der Waals surface area contributed by atoms with Gasteiger partial charge in [0, 0.05) is 23.5 Å². The van der Waals surface area contributed by atoms with Gasteiger partial charge in [-0.05, 0) is 50.3 Å². The number of aromatic nitrogens is 2. The highest BCUT2D eigenvalue weighted by atomic mass is 32.2. The zero-order valence-corrected chi connectivity index (χ0v) is 13.5. The van der Waals surface area contributed by atoms with Gasteiger partial charge in [0.25, 0.3) is 0 Å². The fourth-order valence-electron chi connectivity index (χ4n) is 2.85. The van der Waals surface area contributed by atoms with Crippen molar-refractivity contribution in [3.63, 3.8) is 0 Å². The Morgan fingerprint density at radius 3 is 2.82 bits per heavy atom. The van der Waals surface area contributed by atoms with E-state index in [9.17, 15) is 4.79 Å². The molecule has 1 aromatic carbocycles. The van der Waals surface area contributed by atoms with Gasteiger partial charge in [-0.3, -0.25) is 0 Å². The number of carbonyl (C=O) groups is 1. The van der Waals surface area contributed by atoms with E-state index in [-0.39, 0.29) is 6.04 Å². The molecule has 0 radical (unpaired) electrons. The van der Waals surface area contributed by atoms with E-state index in [4.69, 9.17) is 5.11 Å². The van der Waals surface area contributed by atoms with Crippen molar-refractivity contribution in [1.82, 2.24) is 9.97 Å². The second-order valence-electron chi connectivity index (χ2n) is 5.43. The summed E-state index contributed by atoms with van der Waals surface area (Å²) in [6, 6.07) is 7.49. The largest absolute Gasteiger partial charge is 0.478 e. The molecule has 0 amide bonds. The minimum absolute atomic E-state index is 0.239. The van der Waals surface area contributed by atoms with Crippen molar-refractivity contribution in [2.75, 3.05) is 11.2 Å². The molecule has 1 atom stereocenters. The molecule has 0 fully saturated rings. The third-order valence-electron chi connectivity index (χ3n) is 3.79. The molecule has 1 N–H and O–H groups in total. The van der Waals surface area contributed by atoms with Crippen LogP contribution in [-0.4, -0.2) is 33.3 Å². The van der Waals surface area contributed by atoms with Crippen LogP contribution in [0.4, 0.5) is 11.5 Å². The van der Waals surface area contributed by atoms with Gasteiger partial charge < -0.3 is 10.0 Å². The molecule has 0 spiro atoms. The smallest absolute Gasteiger partial charge is 0.335 e. The maximum atomic E-state index is 11.1. The summed E-state index contributed by atoms with van der Waals surface area (Å²) in [7, 11) is 0. The van der Waals surface area contributed by atoms with Gasteiger partial charge in [-0.25, -0.2) is 14.8 Å². The Morgan fingerprint density at radius 1 is 1.36 bits per heavy atom. The SMILES string of the molecule is CSc1nc(C)cc(N2c3ccc(C(=O)O)cc3C[C@H]2C)n1. The van der Waals surface area contributed by atoms with Crippen LogP contribution in [0.1, 0.15) is 28.5 Å². The van der Waals surface area contributed by atoms with Crippen LogP contribution in [0.3, 0.4) is 0 Å². The average Bonchev–Trinajstić information content (AvgIpc) is 2.81. The van der Waals surface area contributed by atoms with E-state index in [2.05, 4.69) is 21.8 Å². The molecular weight excluding hydrogens is 298 g/mol. The molecule has 1 aliphatic heterocycles. The van der Waals surface area contributed by atoms with Crippen molar-refractivity contribution in [3.05, 3.63) is 41.1 Å². The van der Waals surface area contributed by atoms with Gasteiger partial charge in [0.15, 0.2) is 5.16 Å². The molecule has 1 aromatic heterocycles. The molecule has 2 heterocycles. The summed E-state index contributed by atoms with van der Waals surface area (Å²) in [5.41, 5.74) is 3.34. The lowest BCUT2D eigenvalue weighted by molar-refractivity contribution is 0.0697. The Bertz CT molecular complexity index is 748. The lowest BCUT2D eigenvalue weighted by atomic mass is 10.1.